The van der Waals surface area contributed by atoms with E-state index in [1.165, 1.54) is 23.1 Å². The van der Waals surface area contributed by atoms with E-state index >= 15 is 0 Å². The van der Waals surface area contributed by atoms with Crippen molar-refractivity contribution < 1.29 is 9.84 Å². The standard InChI is InChI=1S/C21H32O2/c1-14(2)17-10-9-16(13-19(17)23-6)12-18(22)20-15(3)8-7-11-21(20,4)5/h9-10,13-14,18,22H,7-8,11-12H2,1-6H3. The van der Waals surface area contributed by atoms with Gasteiger partial charge in [-0.25, -0.2) is 0 Å². The van der Waals surface area contributed by atoms with Gasteiger partial charge in [0.15, 0.2) is 0 Å². The molecule has 0 aliphatic heterocycles. The van der Waals surface area contributed by atoms with E-state index in [1.807, 2.05) is 0 Å². The van der Waals surface area contributed by atoms with Crippen LogP contribution in [0.4, 0.5) is 0 Å². The van der Waals surface area contributed by atoms with Gasteiger partial charge >= 0.3 is 0 Å². The Morgan fingerprint density at radius 2 is 1.96 bits per heavy atom. The fourth-order valence-electron chi connectivity index (χ4n) is 4.06. The van der Waals surface area contributed by atoms with Gasteiger partial charge in [-0.05, 0) is 60.3 Å². The molecule has 0 heterocycles. The van der Waals surface area contributed by atoms with Crippen LogP contribution in [0.5, 0.6) is 5.75 Å². The van der Waals surface area contributed by atoms with Crippen molar-refractivity contribution in [2.45, 2.75) is 72.3 Å². The third kappa shape index (κ3) is 3.98. The van der Waals surface area contributed by atoms with E-state index in [-0.39, 0.29) is 5.41 Å². The monoisotopic (exact) mass is 316 g/mol. The number of benzene rings is 1. The van der Waals surface area contributed by atoms with Crippen LogP contribution < -0.4 is 4.74 Å². The molecule has 1 unspecified atom stereocenters. The molecule has 0 aromatic heterocycles. The molecule has 1 aromatic rings. The normalized spacial score (nSPS) is 19.1. The summed E-state index contributed by atoms with van der Waals surface area (Å²) in [4.78, 5) is 0. The lowest BCUT2D eigenvalue weighted by molar-refractivity contribution is 0.168. The second-order valence-corrected chi connectivity index (χ2v) is 7.88. The Morgan fingerprint density at radius 1 is 1.26 bits per heavy atom. The van der Waals surface area contributed by atoms with Gasteiger partial charge in [-0.3, -0.25) is 0 Å². The van der Waals surface area contributed by atoms with Crippen molar-refractivity contribution in [1.82, 2.24) is 0 Å². The quantitative estimate of drug-likeness (QED) is 0.752. The van der Waals surface area contributed by atoms with Gasteiger partial charge in [-0.1, -0.05) is 45.4 Å². The summed E-state index contributed by atoms with van der Waals surface area (Å²) in [6.45, 7) is 11.0. The molecule has 0 fully saturated rings. The number of allylic oxidation sites excluding steroid dienone is 1. The largest absolute Gasteiger partial charge is 0.496 e. The second-order valence-electron chi connectivity index (χ2n) is 7.88. The lowest BCUT2D eigenvalue weighted by Crippen LogP contribution is -2.30. The van der Waals surface area contributed by atoms with E-state index in [0.29, 0.717) is 12.3 Å². The van der Waals surface area contributed by atoms with Crippen molar-refractivity contribution in [2.24, 2.45) is 5.41 Å². The Hall–Kier alpha value is -1.28. The zero-order chi connectivity index (χ0) is 17.2. The predicted molar refractivity (Wildman–Crippen MR) is 97.1 cm³/mol. The summed E-state index contributed by atoms with van der Waals surface area (Å²) in [5.74, 6) is 1.37. The maximum atomic E-state index is 10.9. The molecule has 0 radical (unpaired) electrons. The van der Waals surface area contributed by atoms with Crippen molar-refractivity contribution in [3.63, 3.8) is 0 Å². The molecule has 2 heteroatoms. The van der Waals surface area contributed by atoms with Crippen molar-refractivity contribution in [3.8, 4) is 5.75 Å². The number of hydrogen-bond acceptors (Lipinski definition) is 2. The number of ether oxygens (including phenoxy) is 1. The molecule has 1 atom stereocenters. The van der Waals surface area contributed by atoms with Crippen molar-refractivity contribution >= 4 is 0 Å². The highest BCUT2D eigenvalue weighted by Crippen LogP contribution is 2.42. The summed E-state index contributed by atoms with van der Waals surface area (Å²) >= 11 is 0. The SMILES string of the molecule is COc1cc(CC(O)C2=C(C)CCCC2(C)C)ccc1C(C)C. The molecule has 2 rings (SSSR count). The molecular formula is C21H32O2. The molecule has 0 saturated carbocycles. The average Bonchev–Trinajstić information content (AvgIpc) is 2.45. The molecule has 0 bridgehead atoms. The van der Waals surface area contributed by atoms with Crippen LogP contribution in [-0.4, -0.2) is 18.3 Å². The Morgan fingerprint density at radius 3 is 2.52 bits per heavy atom. The fraction of sp³-hybridized carbons (Fsp3) is 0.619. The molecule has 1 aromatic carbocycles. The molecule has 1 N–H and O–H groups in total. The highest BCUT2D eigenvalue weighted by atomic mass is 16.5. The van der Waals surface area contributed by atoms with Crippen LogP contribution in [-0.2, 0) is 6.42 Å². The first kappa shape index (κ1) is 18.1. The van der Waals surface area contributed by atoms with Crippen LogP contribution in [0.1, 0.15) is 70.9 Å². The Labute approximate surface area is 141 Å². The third-order valence-corrected chi connectivity index (χ3v) is 5.22. The van der Waals surface area contributed by atoms with Crippen LogP contribution in [0, 0.1) is 5.41 Å². The minimum Gasteiger partial charge on any atom is -0.496 e. The topological polar surface area (TPSA) is 29.5 Å². The molecular weight excluding hydrogens is 284 g/mol. The van der Waals surface area contributed by atoms with Gasteiger partial charge in [0.25, 0.3) is 0 Å². The van der Waals surface area contributed by atoms with Crippen LogP contribution in [0.2, 0.25) is 0 Å². The summed E-state index contributed by atoms with van der Waals surface area (Å²) in [5.41, 5.74) is 5.08. The van der Waals surface area contributed by atoms with E-state index in [4.69, 9.17) is 4.74 Å². The summed E-state index contributed by atoms with van der Waals surface area (Å²) in [6, 6.07) is 6.36. The van der Waals surface area contributed by atoms with Gasteiger partial charge in [0.05, 0.1) is 13.2 Å². The van der Waals surface area contributed by atoms with Crippen LogP contribution in [0.15, 0.2) is 29.3 Å². The van der Waals surface area contributed by atoms with E-state index < -0.39 is 6.10 Å². The minimum atomic E-state index is -0.403. The molecule has 128 valence electrons. The Balaban J connectivity index is 2.25. The number of rotatable bonds is 5. The smallest absolute Gasteiger partial charge is 0.122 e. The van der Waals surface area contributed by atoms with E-state index in [9.17, 15) is 5.11 Å². The summed E-state index contributed by atoms with van der Waals surface area (Å²) < 4.78 is 5.54. The first-order valence-electron chi connectivity index (χ1n) is 8.81. The maximum Gasteiger partial charge on any atom is 0.122 e. The first-order valence-corrected chi connectivity index (χ1v) is 8.81. The predicted octanol–water partition coefficient (Wildman–Crippen LogP) is 5.25. The lowest BCUT2D eigenvalue weighted by atomic mass is 9.70. The maximum absolute atomic E-state index is 10.9. The molecule has 1 aliphatic carbocycles. The highest BCUT2D eigenvalue weighted by molar-refractivity contribution is 5.40. The molecule has 2 nitrogen and oxygen atoms in total. The number of methoxy groups -OCH3 is 1. The van der Waals surface area contributed by atoms with Gasteiger partial charge in [0.2, 0.25) is 0 Å². The van der Waals surface area contributed by atoms with E-state index in [2.05, 4.69) is 52.8 Å². The summed E-state index contributed by atoms with van der Waals surface area (Å²) in [7, 11) is 1.72. The Kier molecular flexibility index (Phi) is 5.57. The average molecular weight is 316 g/mol. The van der Waals surface area contributed by atoms with Crippen LogP contribution in [0.25, 0.3) is 0 Å². The van der Waals surface area contributed by atoms with Gasteiger partial charge in [0.1, 0.15) is 5.75 Å². The third-order valence-electron chi connectivity index (χ3n) is 5.22. The number of aliphatic hydroxyl groups excluding tert-OH is 1. The zero-order valence-corrected chi connectivity index (χ0v) is 15.6. The summed E-state index contributed by atoms with van der Waals surface area (Å²) in [6.07, 6.45) is 3.76. The zero-order valence-electron chi connectivity index (χ0n) is 15.6. The molecule has 23 heavy (non-hydrogen) atoms. The van der Waals surface area contributed by atoms with Crippen molar-refractivity contribution in [2.75, 3.05) is 7.11 Å². The molecule has 1 aliphatic rings. The van der Waals surface area contributed by atoms with Gasteiger partial charge in [-0.2, -0.15) is 0 Å². The van der Waals surface area contributed by atoms with Crippen LogP contribution >= 0.6 is 0 Å². The second kappa shape index (κ2) is 7.09. The lowest BCUT2D eigenvalue weighted by Gasteiger charge is -2.37. The molecule has 0 amide bonds. The highest BCUT2D eigenvalue weighted by Gasteiger charge is 2.32. The first-order chi connectivity index (χ1) is 10.8. The van der Waals surface area contributed by atoms with Gasteiger partial charge in [-0.15, -0.1) is 0 Å². The minimum absolute atomic E-state index is 0.101. The van der Waals surface area contributed by atoms with Crippen molar-refractivity contribution in [3.05, 3.63) is 40.5 Å². The molecule has 0 saturated heterocycles. The number of hydrogen-bond donors (Lipinski definition) is 1. The summed E-state index contributed by atoms with van der Waals surface area (Å²) in [5, 5.41) is 10.9. The Bertz CT molecular complexity index is 582. The molecule has 0 spiro atoms. The van der Waals surface area contributed by atoms with Gasteiger partial charge < -0.3 is 9.84 Å². The van der Waals surface area contributed by atoms with Gasteiger partial charge in [0, 0.05) is 6.42 Å². The number of aliphatic hydroxyl groups is 1. The van der Waals surface area contributed by atoms with Crippen molar-refractivity contribution in [1.29, 1.82) is 0 Å². The van der Waals surface area contributed by atoms with Crippen LogP contribution in [0.3, 0.4) is 0 Å². The van der Waals surface area contributed by atoms with E-state index in [1.54, 1.807) is 7.11 Å². The van der Waals surface area contributed by atoms with E-state index in [0.717, 1.165) is 24.2 Å². The fourth-order valence-corrected chi connectivity index (χ4v) is 4.06.